The van der Waals surface area contributed by atoms with Crippen molar-refractivity contribution in [2.75, 3.05) is 16.0 Å². The average molecular weight is 297 g/mol. The number of amides is 1. The van der Waals surface area contributed by atoms with Gasteiger partial charge in [-0.2, -0.15) is 0 Å². The Morgan fingerprint density at radius 1 is 1.05 bits per heavy atom. The third-order valence-corrected chi connectivity index (χ3v) is 4.01. The molecule has 3 N–H and O–H groups in total. The molecule has 3 heterocycles. The van der Waals surface area contributed by atoms with E-state index in [2.05, 4.69) is 50.2 Å². The Labute approximate surface area is 126 Å². The molecule has 1 aromatic carbocycles. The summed E-state index contributed by atoms with van der Waals surface area (Å²) in [4.78, 5) is 12.1. The molecule has 0 fully saturated rings. The summed E-state index contributed by atoms with van der Waals surface area (Å²) in [5.74, 6) is 0.668. The highest BCUT2D eigenvalue weighted by molar-refractivity contribution is 6.05. The van der Waals surface area contributed by atoms with Crippen LogP contribution in [0.2, 0.25) is 0 Å². The zero-order valence-corrected chi connectivity index (χ0v) is 12.2. The smallest absolute Gasteiger partial charge is 0.232 e. The van der Waals surface area contributed by atoms with Crippen LogP contribution in [0.3, 0.4) is 0 Å². The van der Waals surface area contributed by atoms with Crippen LogP contribution in [0, 0.1) is 5.92 Å². The predicted octanol–water partition coefficient (Wildman–Crippen LogP) is 1.49. The maximum Gasteiger partial charge on any atom is 0.232 e. The zero-order chi connectivity index (χ0) is 15.3. The highest BCUT2D eigenvalue weighted by Gasteiger charge is 2.35. The highest BCUT2D eigenvalue weighted by atomic mass is 16.2. The van der Waals surface area contributed by atoms with Gasteiger partial charge in [0.2, 0.25) is 11.7 Å². The van der Waals surface area contributed by atoms with E-state index in [0.717, 1.165) is 22.6 Å². The van der Waals surface area contributed by atoms with Gasteiger partial charge in [-0.25, -0.2) is 0 Å². The van der Waals surface area contributed by atoms with Gasteiger partial charge in [-0.15, -0.1) is 20.4 Å². The predicted molar refractivity (Wildman–Crippen MR) is 80.3 cm³/mol. The third kappa shape index (κ3) is 1.87. The second-order valence-corrected chi connectivity index (χ2v) is 5.82. The molecule has 8 nitrogen and oxygen atoms in total. The molecule has 22 heavy (non-hydrogen) atoms. The van der Waals surface area contributed by atoms with Gasteiger partial charge in [0.15, 0.2) is 12.5 Å². The van der Waals surface area contributed by atoms with Crippen molar-refractivity contribution in [2.45, 2.75) is 25.9 Å². The van der Waals surface area contributed by atoms with Crippen LogP contribution in [0.5, 0.6) is 0 Å². The second-order valence-electron chi connectivity index (χ2n) is 5.82. The first-order chi connectivity index (χ1) is 10.6. The van der Waals surface area contributed by atoms with E-state index in [1.165, 1.54) is 6.33 Å². The van der Waals surface area contributed by atoms with E-state index >= 15 is 0 Å². The summed E-state index contributed by atoms with van der Waals surface area (Å²) in [5, 5.41) is 24.9. The average Bonchev–Trinajstić information content (AvgIpc) is 3.04. The van der Waals surface area contributed by atoms with Crippen LogP contribution in [0.4, 0.5) is 17.1 Å². The number of carbonyl (C=O) groups excluding carboxylic acids is 1. The Hall–Kier alpha value is -2.77. The fraction of sp³-hybridized carbons (Fsp3) is 0.357. The Balaban J connectivity index is 1.69. The van der Waals surface area contributed by atoms with Crippen molar-refractivity contribution in [3.63, 3.8) is 0 Å². The number of hydrogen-bond donors (Lipinski definition) is 3. The van der Waals surface area contributed by atoms with Crippen LogP contribution in [-0.4, -0.2) is 26.3 Å². The van der Waals surface area contributed by atoms with Crippen molar-refractivity contribution >= 4 is 23.0 Å². The van der Waals surface area contributed by atoms with Gasteiger partial charge in [-0.1, -0.05) is 13.8 Å². The van der Waals surface area contributed by atoms with Gasteiger partial charge in [0.1, 0.15) is 0 Å². The normalized spacial score (nSPS) is 21.9. The molecule has 0 saturated carbocycles. The van der Waals surface area contributed by atoms with Crippen molar-refractivity contribution in [1.82, 2.24) is 20.4 Å². The van der Waals surface area contributed by atoms with E-state index < -0.39 is 0 Å². The standard InChI is InChI=1S/C14H15N7O/c1-6(2)11-7-3-9-10(4-8(7)19-14(11)22)18-12(17-9)13-20-15-5-16-21-13/h3-6,11-12,17-18H,1-2H3,(H,19,22). The second kappa shape index (κ2) is 4.62. The summed E-state index contributed by atoms with van der Waals surface area (Å²) in [6.45, 7) is 4.10. The topological polar surface area (TPSA) is 105 Å². The number of hydrogen-bond acceptors (Lipinski definition) is 7. The molecule has 2 aromatic rings. The van der Waals surface area contributed by atoms with Crippen LogP contribution in [-0.2, 0) is 4.79 Å². The van der Waals surface area contributed by atoms with Crippen LogP contribution < -0.4 is 16.0 Å². The monoisotopic (exact) mass is 297 g/mol. The Kier molecular flexibility index (Phi) is 2.72. The van der Waals surface area contributed by atoms with Crippen molar-refractivity contribution in [3.05, 3.63) is 29.8 Å². The highest BCUT2D eigenvalue weighted by Crippen LogP contribution is 2.45. The van der Waals surface area contributed by atoms with Crippen LogP contribution in [0.1, 0.15) is 37.3 Å². The van der Waals surface area contributed by atoms with E-state index in [0.29, 0.717) is 5.82 Å². The largest absolute Gasteiger partial charge is 0.357 e. The van der Waals surface area contributed by atoms with Crippen molar-refractivity contribution in [2.24, 2.45) is 5.92 Å². The summed E-state index contributed by atoms with van der Waals surface area (Å²) in [6.07, 6.45) is 1.02. The number of nitrogens with zero attached hydrogens (tertiary/aromatic N) is 4. The molecule has 1 amide bonds. The van der Waals surface area contributed by atoms with Gasteiger partial charge in [0.05, 0.1) is 17.3 Å². The van der Waals surface area contributed by atoms with E-state index in [9.17, 15) is 4.79 Å². The fourth-order valence-electron chi connectivity index (χ4n) is 3.04. The molecule has 112 valence electrons. The first kappa shape index (κ1) is 12.9. The molecule has 8 heteroatoms. The van der Waals surface area contributed by atoms with E-state index in [1.807, 2.05) is 12.1 Å². The number of rotatable bonds is 2. The van der Waals surface area contributed by atoms with Crippen molar-refractivity contribution < 1.29 is 4.79 Å². The molecule has 0 saturated heterocycles. The third-order valence-electron chi connectivity index (χ3n) is 4.01. The van der Waals surface area contributed by atoms with Gasteiger partial charge in [-0.05, 0) is 23.6 Å². The lowest BCUT2D eigenvalue weighted by atomic mass is 9.89. The number of benzene rings is 1. The molecule has 1 aromatic heterocycles. The number of carbonyl (C=O) groups is 1. The SMILES string of the molecule is CC(C)C1C(=O)Nc2cc3c(cc21)NC(c1nncnn1)N3. The first-order valence-corrected chi connectivity index (χ1v) is 7.15. The lowest BCUT2D eigenvalue weighted by Crippen LogP contribution is -2.17. The number of anilines is 3. The van der Waals surface area contributed by atoms with Gasteiger partial charge in [-0.3, -0.25) is 4.79 Å². The molecular formula is C14H15N7O. The molecule has 0 spiro atoms. The molecule has 0 bridgehead atoms. The van der Waals surface area contributed by atoms with Gasteiger partial charge >= 0.3 is 0 Å². The molecule has 4 rings (SSSR count). The van der Waals surface area contributed by atoms with E-state index in [4.69, 9.17) is 0 Å². The van der Waals surface area contributed by atoms with Gasteiger partial charge < -0.3 is 16.0 Å². The fourth-order valence-corrected chi connectivity index (χ4v) is 3.04. The molecule has 2 aliphatic heterocycles. The van der Waals surface area contributed by atoms with E-state index in [-0.39, 0.29) is 23.9 Å². The summed E-state index contributed by atoms with van der Waals surface area (Å²) >= 11 is 0. The molecule has 2 unspecified atom stereocenters. The summed E-state index contributed by atoms with van der Waals surface area (Å²) in [5.41, 5.74) is 3.72. The van der Waals surface area contributed by atoms with Gasteiger partial charge in [0.25, 0.3) is 0 Å². The van der Waals surface area contributed by atoms with Crippen molar-refractivity contribution in [3.8, 4) is 0 Å². The molecule has 2 atom stereocenters. The molecule has 0 radical (unpaired) electrons. The first-order valence-electron chi connectivity index (χ1n) is 7.15. The minimum atomic E-state index is -0.271. The lowest BCUT2D eigenvalue weighted by Gasteiger charge is -2.13. The molecule has 2 aliphatic rings. The molecule has 0 aliphatic carbocycles. The van der Waals surface area contributed by atoms with Crippen LogP contribution >= 0.6 is 0 Å². The Morgan fingerprint density at radius 3 is 2.41 bits per heavy atom. The summed E-state index contributed by atoms with van der Waals surface area (Å²) in [7, 11) is 0. The quantitative estimate of drug-likeness (QED) is 0.771. The van der Waals surface area contributed by atoms with Crippen LogP contribution in [0.15, 0.2) is 18.5 Å². The summed E-state index contributed by atoms with van der Waals surface area (Å²) < 4.78 is 0. The minimum absolute atomic E-state index is 0.0602. The lowest BCUT2D eigenvalue weighted by molar-refractivity contribution is -0.117. The van der Waals surface area contributed by atoms with Crippen molar-refractivity contribution in [1.29, 1.82) is 0 Å². The maximum atomic E-state index is 12.1. The maximum absolute atomic E-state index is 12.1. The summed E-state index contributed by atoms with van der Waals surface area (Å²) in [6, 6.07) is 3.96. The Morgan fingerprint density at radius 2 is 1.73 bits per heavy atom. The number of aromatic nitrogens is 4. The zero-order valence-electron chi connectivity index (χ0n) is 12.2. The van der Waals surface area contributed by atoms with Gasteiger partial charge in [0, 0.05) is 5.69 Å². The number of nitrogens with one attached hydrogen (secondary N) is 3. The Bertz CT molecular complexity index is 746. The van der Waals surface area contributed by atoms with Crippen LogP contribution in [0.25, 0.3) is 0 Å². The minimum Gasteiger partial charge on any atom is -0.357 e. The number of fused-ring (bicyclic) bond motifs is 2. The van der Waals surface area contributed by atoms with E-state index in [1.54, 1.807) is 0 Å². The molecular weight excluding hydrogens is 282 g/mol.